The molecule has 1 aliphatic rings. The van der Waals surface area contributed by atoms with E-state index in [4.69, 9.17) is 0 Å². The van der Waals surface area contributed by atoms with Crippen LogP contribution in [0.4, 0.5) is 0 Å². The van der Waals surface area contributed by atoms with Crippen LogP contribution in [-0.2, 0) is 6.54 Å². The first-order valence-corrected chi connectivity index (χ1v) is 8.23. The number of thioether (sulfide) groups is 1. The summed E-state index contributed by atoms with van der Waals surface area (Å²) in [6, 6.07) is 18.8. The molecule has 1 aliphatic heterocycles. The van der Waals surface area contributed by atoms with E-state index in [0.29, 0.717) is 5.25 Å². The Morgan fingerprint density at radius 2 is 1.85 bits per heavy atom. The van der Waals surface area contributed by atoms with Gasteiger partial charge in [-0.2, -0.15) is 0 Å². The van der Waals surface area contributed by atoms with Gasteiger partial charge in [-0.15, -0.1) is 0 Å². The molecular formula is C16H15BrN2S. The summed E-state index contributed by atoms with van der Waals surface area (Å²) in [6.45, 7) is 1.65. The summed E-state index contributed by atoms with van der Waals surface area (Å²) in [5, 5.41) is 4.90. The maximum Gasteiger partial charge on any atom is 0.157 e. The van der Waals surface area contributed by atoms with Gasteiger partial charge in [0.1, 0.15) is 0 Å². The second-order valence-corrected chi connectivity index (χ2v) is 6.65. The van der Waals surface area contributed by atoms with Crippen LogP contribution in [-0.4, -0.2) is 11.7 Å². The van der Waals surface area contributed by atoms with Crippen molar-refractivity contribution in [2.24, 2.45) is 4.99 Å². The average molecular weight is 347 g/mol. The van der Waals surface area contributed by atoms with Crippen LogP contribution in [0.1, 0.15) is 16.4 Å². The molecule has 0 bridgehead atoms. The molecule has 102 valence electrons. The van der Waals surface area contributed by atoms with E-state index < -0.39 is 0 Å². The van der Waals surface area contributed by atoms with Crippen molar-refractivity contribution in [2.45, 2.75) is 11.8 Å². The average Bonchev–Trinajstić information content (AvgIpc) is 2.96. The molecule has 1 unspecified atom stereocenters. The number of rotatable bonds is 3. The summed E-state index contributed by atoms with van der Waals surface area (Å²) >= 11 is 5.38. The third kappa shape index (κ3) is 3.25. The van der Waals surface area contributed by atoms with Gasteiger partial charge >= 0.3 is 0 Å². The Morgan fingerprint density at radius 3 is 2.65 bits per heavy atom. The van der Waals surface area contributed by atoms with Gasteiger partial charge in [-0.25, -0.2) is 0 Å². The molecule has 2 nitrogen and oxygen atoms in total. The Labute approximate surface area is 131 Å². The second-order valence-electron chi connectivity index (χ2n) is 4.61. The molecule has 4 heteroatoms. The van der Waals surface area contributed by atoms with Crippen LogP contribution < -0.4 is 5.32 Å². The standard InChI is InChI=1S/C16H15BrN2S/c17-14-9-5-4-8-13(14)10-18-16-19-11-15(20-16)12-6-2-1-3-7-12/h1-9,15H,10-11H2,(H,18,19). The van der Waals surface area contributed by atoms with Crippen molar-refractivity contribution in [3.05, 3.63) is 70.2 Å². The molecule has 0 spiro atoms. The van der Waals surface area contributed by atoms with Crippen molar-refractivity contribution < 1.29 is 0 Å². The normalized spacial score (nSPS) is 17.9. The Bertz CT molecular complexity index is 613. The van der Waals surface area contributed by atoms with E-state index in [0.717, 1.165) is 22.7 Å². The molecule has 0 fully saturated rings. The molecule has 1 heterocycles. The summed E-state index contributed by atoms with van der Waals surface area (Å²) in [7, 11) is 0. The van der Waals surface area contributed by atoms with Gasteiger partial charge in [-0.1, -0.05) is 76.2 Å². The van der Waals surface area contributed by atoms with Crippen LogP contribution in [0.2, 0.25) is 0 Å². The number of hydrogen-bond donors (Lipinski definition) is 1. The van der Waals surface area contributed by atoms with E-state index in [1.807, 2.05) is 17.8 Å². The van der Waals surface area contributed by atoms with Crippen molar-refractivity contribution in [1.29, 1.82) is 0 Å². The van der Waals surface area contributed by atoms with Crippen molar-refractivity contribution in [1.82, 2.24) is 5.32 Å². The van der Waals surface area contributed by atoms with Gasteiger partial charge in [-0.05, 0) is 17.2 Å². The van der Waals surface area contributed by atoms with Gasteiger partial charge < -0.3 is 5.32 Å². The molecule has 20 heavy (non-hydrogen) atoms. The lowest BCUT2D eigenvalue weighted by molar-refractivity contribution is 0.907. The van der Waals surface area contributed by atoms with Crippen LogP contribution >= 0.6 is 27.7 Å². The highest BCUT2D eigenvalue weighted by atomic mass is 79.9. The fourth-order valence-electron chi connectivity index (χ4n) is 2.13. The summed E-state index contributed by atoms with van der Waals surface area (Å²) in [6.07, 6.45) is 0. The zero-order valence-corrected chi connectivity index (χ0v) is 13.3. The van der Waals surface area contributed by atoms with Crippen molar-refractivity contribution >= 4 is 32.9 Å². The summed E-state index contributed by atoms with van der Waals surface area (Å²) in [5.74, 6) is 0. The molecular weight excluding hydrogens is 332 g/mol. The zero-order valence-electron chi connectivity index (χ0n) is 10.9. The molecule has 0 aliphatic carbocycles. The summed E-state index contributed by atoms with van der Waals surface area (Å²) in [4.78, 5) is 4.59. The highest BCUT2D eigenvalue weighted by Crippen LogP contribution is 2.34. The van der Waals surface area contributed by atoms with Gasteiger partial charge in [-0.3, -0.25) is 4.99 Å². The monoisotopic (exact) mass is 346 g/mol. The minimum Gasteiger partial charge on any atom is -0.361 e. The number of benzene rings is 2. The minimum absolute atomic E-state index is 0.443. The fourth-order valence-corrected chi connectivity index (χ4v) is 3.57. The lowest BCUT2D eigenvalue weighted by Crippen LogP contribution is -2.18. The summed E-state index contributed by atoms with van der Waals surface area (Å²) < 4.78 is 1.13. The molecule has 1 atom stereocenters. The van der Waals surface area contributed by atoms with Crippen LogP contribution in [0.5, 0.6) is 0 Å². The predicted octanol–water partition coefficient (Wildman–Crippen LogP) is 4.38. The summed E-state index contributed by atoms with van der Waals surface area (Å²) in [5.41, 5.74) is 2.60. The third-order valence-electron chi connectivity index (χ3n) is 3.21. The molecule has 2 aromatic rings. The van der Waals surface area contributed by atoms with Gasteiger partial charge in [0.15, 0.2) is 5.17 Å². The Kier molecular flexibility index (Phi) is 4.43. The maximum absolute atomic E-state index is 4.59. The van der Waals surface area contributed by atoms with E-state index in [1.165, 1.54) is 11.1 Å². The number of aliphatic imine (C=N–C) groups is 1. The molecule has 0 saturated carbocycles. The SMILES string of the molecule is Brc1ccccc1CNC1=NCC(c2ccccc2)S1. The smallest absolute Gasteiger partial charge is 0.157 e. The molecule has 0 amide bonds. The van der Waals surface area contributed by atoms with E-state index >= 15 is 0 Å². The van der Waals surface area contributed by atoms with Gasteiger partial charge in [0, 0.05) is 11.0 Å². The number of nitrogens with zero attached hydrogens (tertiary/aromatic N) is 1. The predicted molar refractivity (Wildman–Crippen MR) is 90.1 cm³/mol. The Balaban J connectivity index is 1.57. The molecule has 0 aromatic heterocycles. The first-order chi connectivity index (χ1) is 9.83. The fraction of sp³-hybridized carbons (Fsp3) is 0.188. The van der Waals surface area contributed by atoms with Gasteiger partial charge in [0.2, 0.25) is 0 Å². The van der Waals surface area contributed by atoms with Crippen LogP contribution in [0.15, 0.2) is 64.1 Å². The molecule has 0 radical (unpaired) electrons. The lowest BCUT2D eigenvalue weighted by Gasteiger charge is -2.10. The van der Waals surface area contributed by atoms with Crippen molar-refractivity contribution in [3.8, 4) is 0 Å². The largest absolute Gasteiger partial charge is 0.361 e. The number of amidine groups is 1. The number of nitrogens with one attached hydrogen (secondary N) is 1. The second kappa shape index (κ2) is 6.46. The topological polar surface area (TPSA) is 24.4 Å². The van der Waals surface area contributed by atoms with Crippen molar-refractivity contribution in [3.63, 3.8) is 0 Å². The van der Waals surface area contributed by atoms with Crippen molar-refractivity contribution in [2.75, 3.05) is 6.54 Å². The highest BCUT2D eigenvalue weighted by Gasteiger charge is 2.20. The molecule has 2 aromatic carbocycles. The van der Waals surface area contributed by atoms with E-state index in [9.17, 15) is 0 Å². The number of hydrogen-bond acceptors (Lipinski definition) is 3. The van der Waals surface area contributed by atoms with E-state index in [2.05, 4.69) is 74.8 Å². The first-order valence-electron chi connectivity index (χ1n) is 6.56. The van der Waals surface area contributed by atoms with E-state index in [-0.39, 0.29) is 0 Å². The lowest BCUT2D eigenvalue weighted by atomic mass is 10.1. The Hall–Kier alpha value is -1.26. The maximum atomic E-state index is 4.59. The molecule has 3 rings (SSSR count). The molecule has 1 N–H and O–H groups in total. The first kappa shape index (κ1) is 13.7. The molecule has 0 saturated heterocycles. The Morgan fingerprint density at radius 1 is 1.10 bits per heavy atom. The van der Waals surface area contributed by atoms with E-state index in [1.54, 1.807) is 0 Å². The van der Waals surface area contributed by atoms with Gasteiger partial charge in [0.25, 0.3) is 0 Å². The van der Waals surface area contributed by atoms with Crippen LogP contribution in [0, 0.1) is 0 Å². The highest BCUT2D eigenvalue weighted by molar-refractivity contribution is 9.10. The quantitative estimate of drug-likeness (QED) is 0.891. The minimum atomic E-state index is 0.443. The third-order valence-corrected chi connectivity index (χ3v) is 5.19. The number of halogens is 1. The zero-order chi connectivity index (χ0) is 13.8. The van der Waals surface area contributed by atoms with Crippen LogP contribution in [0.3, 0.4) is 0 Å². The van der Waals surface area contributed by atoms with Gasteiger partial charge in [0.05, 0.1) is 11.8 Å². The van der Waals surface area contributed by atoms with Crippen LogP contribution in [0.25, 0.3) is 0 Å².